The number of nitrogens with zero attached hydrogens (tertiary/aromatic N) is 2. The zero-order valence-electron chi connectivity index (χ0n) is 14.0. The van der Waals surface area contributed by atoms with Crippen molar-refractivity contribution < 1.29 is 9.53 Å². The summed E-state index contributed by atoms with van der Waals surface area (Å²) in [4.78, 5) is 12.2. The molecule has 1 heterocycles. The lowest BCUT2D eigenvalue weighted by Gasteiger charge is -2.07. The minimum Gasteiger partial charge on any atom is -0.497 e. The fraction of sp³-hybridized carbons (Fsp3) is 0.105. The van der Waals surface area contributed by atoms with Crippen molar-refractivity contribution in [2.75, 3.05) is 17.7 Å². The van der Waals surface area contributed by atoms with Gasteiger partial charge in [-0.15, -0.1) is 10.2 Å². The van der Waals surface area contributed by atoms with Gasteiger partial charge in [-0.25, -0.2) is 0 Å². The van der Waals surface area contributed by atoms with Crippen LogP contribution in [0.5, 0.6) is 5.75 Å². The highest BCUT2D eigenvalue weighted by molar-refractivity contribution is 6.03. The van der Waals surface area contributed by atoms with E-state index >= 15 is 0 Å². The van der Waals surface area contributed by atoms with Crippen molar-refractivity contribution in [2.24, 2.45) is 0 Å². The Morgan fingerprint density at radius 3 is 2.12 bits per heavy atom. The third-order valence-corrected chi connectivity index (χ3v) is 3.58. The predicted molar refractivity (Wildman–Crippen MR) is 97.4 cm³/mol. The molecule has 6 nitrogen and oxygen atoms in total. The molecule has 0 saturated carbocycles. The van der Waals surface area contributed by atoms with E-state index in [4.69, 9.17) is 4.74 Å². The number of rotatable bonds is 5. The summed E-state index contributed by atoms with van der Waals surface area (Å²) in [5.74, 6) is 1.43. The van der Waals surface area contributed by atoms with Crippen LogP contribution in [0.3, 0.4) is 0 Å². The van der Waals surface area contributed by atoms with Crippen molar-refractivity contribution in [1.29, 1.82) is 0 Å². The van der Waals surface area contributed by atoms with Crippen LogP contribution in [0, 0.1) is 6.92 Å². The molecule has 0 spiro atoms. The molecular formula is C19H18N4O2. The molecule has 1 amide bonds. The molecule has 0 radical (unpaired) electrons. The van der Waals surface area contributed by atoms with Crippen molar-refractivity contribution >= 4 is 23.2 Å². The SMILES string of the molecule is COc1ccc(C(=O)Nc2ccc(Nc3ccc(C)cc3)nn2)cc1. The number of amides is 1. The molecule has 0 aliphatic heterocycles. The van der Waals surface area contributed by atoms with Gasteiger partial charge in [0.1, 0.15) is 5.75 Å². The minimum absolute atomic E-state index is 0.254. The van der Waals surface area contributed by atoms with Crippen LogP contribution in [0.2, 0.25) is 0 Å². The molecular weight excluding hydrogens is 316 g/mol. The van der Waals surface area contributed by atoms with Gasteiger partial charge in [-0.05, 0) is 55.5 Å². The third kappa shape index (κ3) is 4.32. The van der Waals surface area contributed by atoms with E-state index in [0.29, 0.717) is 22.9 Å². The molecule has 2 N–H and O–H groups in total. The number of hydrogen-bond acceptors (Lipinski definition) is 5. The van der Waals surface area contributed by atoms with Crippen molar-refractivity contribution in [3.8, 4) is 5.75 Å². The number of carbonyl (C=O) groups excluding carboxylic acids is 1. The Balaban J connectivity index is 1.63. The van der Waals surface area contributed by atoms with Gasteiger partial charge in [0.05, 0.1) is 7.11 Å². The fourth-order valence-corrected chi connectivity index (χ4v) is 2.18. The molecule has 0 aliphatic carbocycles. The predicted octanol–water partition coefficient (Wildman–Crippen LogP) is 3.79. The smallest absolute Gasteiger partial charge is 0.256 e. The van der Waals surface area contributed by atoms with E-state index in [0.717, 1.165) is 5.69 Å². The zero-order chi connectivity index (χ0) is 17.6. The lowest BCUT2D eigenvalue weighted by atomic mass is 10.2. The van der Waals surface area contributed by atoms with Gasteiger partial charge in [0, 0.05) is 11.3 Å². The van der Waals surface area contributed by atoms with Gasteiger partial charge in [0.15, 0.2) is 11.6 Å². The van der Waals surface area contributed by atoms with Gasteiger partial charge in [-0.2, -0.15) is 0 Å². The summed E-state index contributed by atoms with van der Waals surface area (Å²) in [6.07, 6.45) is 0. The maximum absolute atomic E-state index is 12.2. The van der Waals surface area contributed by atoms with Gasteiger partial charge in [0.2, 0.25) is 0 Å². The summed E-state index contributed by atoms with van der Waals surface area (Å²) in [6, 6.07) is 18.3. The number of benzene rings is 2. The second kappa shape index (κ2) is 7.44. The number of carbonyl (C=O) groups is 1. The van der Waals surface area contributed by atoms with E-state index in [1.165, 1.54) is 5.56 Å². The molecule has 25 heavy (non-hydrogen) atoms. The Labute approximate surface area is 145 Å². The monoisotopic (exact) mass is 334 g/mol. The summed E-state index contributed by atoms with van der Waals surface area (Å²) in [5, 5.41) is 14.0. The molecule has 0 fully saturated rings. The molecule has 0 atom stereocenters. The minimum atomic E-state index is -0.254. The van der Waals surface area contributed by atoms with E-state index in [1.54, 1.807) is 43.5 Å². The molecule has 0 unspecified atom stereocenters. The van der Waals surface area contributed by atoms with Crippen LogP contribution < -0.4 is 15.4 Å². The van der Waals surface area contributed by atoms with Gasteiger partial charge in [-0.1, -0.05) is 17.7 Å². The Bertz CT molecular complexity index is 844. The Morgan fingerprint density at radius 1 is 0.880 bits per heavy atom. The highest BCUT2D eigenvalue weighted by Gasteiger charge is 2.07. The first kappa shape index (κ1) is 16.4. The van der Waals surface area contributed by atoms with Crippen LogP contribution in [0.1, 0.15) is 15.9 Å². The van der Waals surface area contributed by atoms with Crippen LogP contribution in [0.15, 0.2) is 60.7 Å². The van der Waals surface area contributed by atoms with E-state index in [1.807, 2.05) is 31.2 Å². The highest BCUT2D eigenvalue weighted by atomic mass is 16.5. The van der Waals surface area contributed by atoms with E-state index in [-0.39, 0.29) is 5.91 Å². The first-order valence-electron chi connectivity index (χ1n) is 7.77. The standard InChI is InChI=1S/C19H18N4O2/c1-13-3-7-15(8-4-13)20-17-11-12-18(23-22-17)21-19(24)14-5-9-16(25-2)10-6-14/h3-12H,1-2H3,(H,20,22)(H,21,23,24). The van der Waals surface area contributed by atoms with Crippen LogP contribution in [-0.4, -0.2) is 23.2 Å². The topological polar surface area (TPSA) is 76.1 Å². The van der Waals surface area contributed by atoms with Gasteiger partial charge >= 0.3 is 0 Å². The summed E-state index contributed by atoms with van der Waals surface area (Å²) < 4.78 is 5.07. The average Bonchev–Trinajstić information content (AvgIpc) is 2.65. The lowest BCUT2D eigenvalue weighted by Crippen LogP contribution is -2.13. The summed E-state index contributed by atoms with van der Waals surface area (Å²) in [5.41, 5.74) is 2.63. The van der Waals surface area contributed by atoms with E-state index in [2.05, 4.69) is 20.8 Å². The number of aryl methyl sites for hydroxylation is 1. The number of nitrogens with one attached hydrogen (secondary N) is 2. The second-order valence-electron chi connectivity index (χ2n) is 5.48. The number of hydrogen-bond donors (Lipinski definition) is 2. The van der Waals surface area contributed by atoms with Gasteiger partial charge < -0.3 is 15.4 Å². The number of methoxy groups -OCH3 is 1. The molecule has 2 aromatic carbocycles. The molecule has 3 rings (SSSR count). The molecule has 0 aliphatic rings. The first-order valence-corrected chi connectivity index (χ1v) is 7.77. The van der Waals surface area contributed by atoms with Crippen molar-refractivity contribution in [1.82, 2.24) is 10.2 Å². The lowest BCUT2D eigenvalue weighted by molar-refractivity contribution is 0.102. The van der Waals surface area contributed by atoms with E-state index < -0.39 is 0 Å². The highest BCUT2D eigenvalue weighted by Crippen LogP contribution is 2.16. The summed E-state index contributed by atoms with van der Waals surface area (Å²) in [7, 11) is 1.58. The van der Waals surface area contributed by atoms with Crippen LogP contribution >= 0.6 is 0 Å². The van der Waals surface area contributed by atoms with Crippen molar-refractivity contribution in [2.45, 2.75) is 6.92 Å². The van der Waals surface area contributed by atoms with Crippen molar-refractivity contribution in [3.63, 3.8) is 0 Å². The summed E-state index contributed by atoms with van der Waals surface area (Å²) in [6.45, 7) is 2.03. The van der Waals surface area contributed by atoms with Crippen LogP contribution in [0.25, 0.3) is 0 Å². The number of ether oxygens (including phenoxy) is 1. The molecule has 126 valence electrons. The number of anilines is 3. The summed E-state index contributed by atoms with van der Waals surface area (Å²) >= 11 is 0. The van der Waals surface area contributed by atoms with Crippen molar-refractivity contribution in [3.05, 3.63) is 71.8 Å². The van der Waals surface area contributed by atoms with Gasteiger partial charge in [-0.3, -0.25) is 4.79 Å². The third-order valence-electron chi connectivity index (χ3n) is 3.58. The van der Waals surface area contributed by atoms with Gasteiger partial charge in [0.25, 0.3) is 5.91 Å². The fourth-order valence-electron chi connectivity index (χ4n) is 2.18. The molecule has 6 heteroatoms. The zero-order valence-corrected chi connectivity index (χ0v) is 14.0. The molecule has 0 saturated heterocycles. The second-order valence-corrected chi connectivity index (χ2v) is 5.48. The Hall–Kier alpha value is -3.41. The normalized spacial score (nSPS) is 10.2. The Kier molecular flexibility index (Phi) is 4.89. The maximum atomic E-state index is 12.2. The molecule has 3 aromatic rings. The largest absolute Gasteiger partial charge is 0.497 e. The first-order chi connectivity index (χ1) is 12.1. The molecule has 1 aromatic heterocycles. The average molecular weight is 334 g/mol. The molecule has 0 bridgehead atoms. The maximum Gasteiger partial charge on any atom is 0.256 e. The number of aromatic nitrogens is 2. The Morgan fingerprint density at radius 2 is 1.52 bits per heavy atom. The van der Waals surface area contributed by atoms with E-state index in [9.17, 15) is 4.79 Å². The van der Waals surface area contributed by atoms with Crippen LogP contribution in [0.4, 0.5) is 17.3 Å². The quantitative estimate of drug-likeness (QED) is 0.742. The van der Waals surface area contributed by atoms with Crippen LogP contribution in [-0.2, 0) is 0 Å².